The largest absolute Gasteiger partial charge is 0.482 e. The topological polar surface area (TPSA) is 38.3 Å². The van der Waals surface area contributed by atoms with Gasteiger partial charge >= 0.3 is 6.18 Å². The van der Waals surface area contributed by atoms with Crippen molar-refractivity contribution < 1.29 is 22.7 Å². The first kappa shape index (κ1) is 18.2. The van der Waals surface area contributed by atoms with E-state index in [1.165, 1.54) is 12.1 Å². The highest BCUT2D eigenvalue weighted by Crippen LogP contribution is 2.26. The third kappa shape index (κ3) is 5.49. The maximum absolute atomic E-state index is 12.3. The van der Waals surface area contributed by atoms with Gasteiger partial charge in [0, 0.05) is 11.3 Å². The molecule has 1 N–H and O–H groups in total. The summed E-state index contributed by atoms with van der Waals surface area (Å²) in [5.74, 6) is 0.409. The van der Waals surface area contributed by atoms with E-state index in [9.17, 15) is 18.0 Å². The highest BCUT2D eigenvalue weighted by atomic mass is 32.2. The molecule has 0 unspecified atom stereocenters. The van der Waals surface area contributed by atoms with Crippen molar-refractivity contribution in [3.05, 3.63) is 59.7 Å². The van der Waals surface area contributed by atoms with Crippen molar-refractivity contribution in [3.63, 3.8) is 0 Å². The van der Waals surface area contributed by atoms with Gasteiger partial charge in [0.25, 0.3) is 5.91 Å². The van der Waals surface area contributed by atoms with Gasteiger partial charge in [0.1, 0.15) is 5.75 Å². The number of ether oxygens (including phenoxy) is 1. The predicted molar refractivity (Wildman–Crippen MR) is 89.6 cm³/mol. The molecular weight excluding hydrogens is 339 g/mol. The third-order valence-corrected chi connectivity index (χ3v) is 3.68. The lowest BCUT2D eigenvalue weighted by atomic mass is 10.1. The monoisotopic (exact) mass is 355 g/mol. The minimum Gasteiger partial charge on any atom is -0.482 e. The van der Waals surface area contributed by atoms with Crippen LogP contribution in [0.4, 0.5) is 18.9 Å². The Morgan fingerprint density at radius 2 is 1.79 bits per heavy atom. The van der Waals surface area contributed by atoms with Crippen molar-refractivity contribution in [2.24, 2.45) is 0 Å². The smallest absolute Gasteiger partial charge is 0.422 e. The summed E-state index contributed by atoms with van der Waals surface area (Å²) < 4.78 is 41.6. The number of benzene rings is 2. The van der Waals surface area contributed by atoms with Gasteiger partial charge in [-0.1, -0.05) is 24.3 Å². The average molecular weight is 355 g/mol. The fourth-order valence-electron chi connectivity index (χ4n) is 1.97. The number of para-hydroxylation sites is 2. The molecule has 0 aliphatic heterocycles. The average Bonchev–Trinajstić information content (AvgIpc) is 2.54. The number of nitrogens with one attached hydrogen (secondary N) is 1. The Balaban J connectivity index is 2.08. The summed E-state index contributed by atoms with van der Waals surface area (Å²) in [4.78, 5) is 12.2. The van der Waals surface area contributed by atoms with Crippen molar-refractivity contribution in [2.45, 2.75) is 11.9 Å². The molecule has 0 heterocycles. The molecule has 0 aromatic heterocycles. The van der Waals surface area contributed by atoms with Gasteiger partial charge in [0.2, 0.25) is 0 Å². The maximum atomic E-state index is 12.3. The molecule has 0 saturated carbocycles. The normalized spacial score (nSPS) is 11.2. The maximum Gasteiger partial charge on any atom is 0.422 e. The zero-order valence-electron chi connectivity index (χ0n) is 12.9. The van der Waals surface area contributed by atoms with Crippen LogP contribution in [-0.2, 0) is 5.75 Å². The Kier molecular flexibility index (Phi) is 6.14. The Bertz CT molecular complexity index is 687. The fraction of sp³-hybridized carbons (Fsp3) is 0.235. The SMILES string of the molecule is CSCc1ccc(C(=O)Nc2ccccc2OCC(F)(F)F)cc1. The summed E-state index contributed by atoms with van der Waals surface area (Å²) in [6, 6.07) is 13.1. The molecule has 1 amide bonds. The van der Waals surface area contributed by atoms with Crippen molar-refractivity contribution in [3.8, 4) is 5.75 Å². The van der Waals surface area contributed by atoms with E-state index in [1.807, 2.05) is 18.4 Å². The lowest BCUT2D eigenvalue weighted by Gasteiger charge is -2.14. The van der Waals surface area contributed by atoms with Crippen LogP contribution in [0.5, 0.6) is 5.75 Å². The fourth-order valence-corrected chi connectivity index (χ4v) is 2.49. The van der Waals surface area contributed by atoms with E-state index in [4.69, 9.17) is 4.74 Å². The van der Waals surface area contributed by atoms with E-state index in [0.717, 1.165) is 11.3 Å². The highest BCUT2D eigenvalue weighted by molar-refractivity contribution is 7.97. The van der Waals surface area contributed by atoms with E-state index < -0.39 is 18.7 Å². The summed E-state index contributed by atoms with van der Waals surface area (Å²) >= 11 is 1.67. The van der Waals surface area contributed by atoms with E-state index in [2.05, 4.69) is 5.32 Å². The molecule has 128 valence electrons. The second-order valence-electron chi connectivity index (χ2n) is 4.98. The molecule has 2 aromatic rings. The van der Waals surface area contributed by atoms with Crippen molar-refractivity contribution in [2.75, 3.05) is 18.2 Å². The van der Waals surface area contributed by atoms with E-state index in [-0.39, 0.29) is 11.4 Å². The quantitative estimate of drug-likeness (QED) is 0.813. The summed E-state index contributed by atoms with van der Waals surface area (Å²) in [7, 11) is 0. The van der Waals surface area contributed by atoms with Crippen molar-refractivity contribution in [1.82, 2.24) is 0 Å². The third-order valence-electron chi connectivity index (χ3n) is 3.05. The molecule has 0 spiro atoms. The van der Waals surface area contributed by atoms with Gasteiger partial charge in [-0.2, -0.15) is 24.9 Å². The number of hydrogen-bond acceptors (Lipinski definition) is 3. The molecule has 2 aromatic carbocycles. The second-order valence-corrected chi connectivity index (χ2v) is 5.85. The Hall–Kier alpha value is -2.15. The molecule has 7 heteroatoms. The lowest BCUT2D eigenvalue weighted by Crippen LogP contribution is -2.20. The second kappa shape index (κ2) is 8.10. The summed E-state index contributed by atoms with van der Waals surface area (Å²) in [5.41, 5.74) is 1.71. The molecular formula is C17H16F3NO2S. The molecule has 3 nitrogen and oxygen atoms in total. The van der Waals surface area contributed by atoms with Crippen LogP contribution in [0.3, 0.4) is 0 Å². The van der Waals surface area contributed by atoms with Gasteiger partial charge in [0.05, 0.1) is 5.69 Å². The predicted octanol–water partition coefficient (Wildman–Crippen LogP) is 4.74. The molecule has 0 saturated heterocycles. The van der Waals surface area contributed by atoms with E-state index >= 15 is 0 Å². The van der Waals surface area contributed by atoms with Gasteiger partial charge in [-0.15, -0.1) is 0 Å². The molecule has 24 heavy (non-hydrogen) atoms. The minimum atomic E-state index is -4.44. The first-order valence-electron chi connectivity index (χ1n) is 7.07. The zero-order chi connectivity index (χ0) is 17.6. The first-order chi connectivity index (χ1) is 11.4. The Morgan fingerprint density at radius 3 is 2.42 bits per heavy atom. The highest BCUT2D eigenvalue weighted by Gasteiger charge is 2.28. The number of thioether (sulfide) groups is 1. The number of hydrogen-bond donors (Lipinski definition) is 1. The number of carbonyl (C=O) groups is 1. The van der Waals surface area contributed by atoms with Gasteiger partial charge in [0.15, 0.2) is 6.61 Å². The van der Waals surface area contributed by atoms with E-state index in [1.54, 1.807) is 36.0 Å². The molecule has 0 fully saturated rings. The van der Waals surface area contributed by atoms with Crippen LogP contribution in [0.1, 0.15) is 15.9 Å². The Labute approximate surface area is 142 Å². The number of alkyl halides is 3. The van der Waals surface area contributed by atoms with Crippen LogP contribution in [0.2, 0.25) is 0 Å². The van der Waals surface area contributed by atoms with Gasteiger partial charge < -0.3 is 10.1 Å². The van der Waals surface area contributed by atoms with Crippen molar-refractivity contribution >= 4 is 23.4 Å². The molecule has 0 bridgehead atoms. The van der Waals surface area contributed by atoms with Crippen LogP contribution in [0.15, 0.2) is 48.5 Å². The summed E-state index contributed by atoms with van der Waals surface area (Å²) in [6.07, 6.45) is -2.46. The van der Waals surface area contributed by atoms with Crippen LogP contribution < -0.4 is 10.1 Å². The van der Waals surface area contributed by atoms with Crippen LogP contribution >= 0.6 is 11.8 Å². The molecule has 0 atom stereocenters. The number of halogens is 3. The van der Waals surface area contributed by atoms with Gasteiger partial charge in [-0.25, -0.2) is 0 Å². The lowest BCUT2D eigenvalue weighted by molar-refractivity contribution is -0.153. The van der Waals surface area contributed by atoms with Crippen molar-refractivity contribution in [1.29, 1.82) is 0 Å². The van der Waals surface area contributed by atoms with E-state index in [0.29, 0.717) is 5.56 Å². The number of anilines is 1. The first-order valence-corrected chi connectivity index (χ1v) is 8.46. The molecule has 0 aliphatic rings. The van der Waals surface area contributed by atoms with Gasteiger partial charge in [-0.05, 0) is 36.1 Å². The molecule has 0 radical (unpaired) electrons. The van der Waals surface area contributed by atoms with Crippen LogP contribution in [0, 0.1) is 0 Å². The Morgan fingerprint density at radius 1 is 1.12 bits per heavy atom. The zero-order valence-corrected chi connectivity index (χ0v) is 13.7. The summed E-state index contributed by atoms with van der Waals surface area (Å²) in [5, 5.41) is 2.58. The van der Waals surface area contributed by atoms with Gasteiger partial charge in [-0.3, -0.25) is 4.79 Å². The van der Waals surface area contributed by atoms with Crippen LogP contribution in [0.25, 0.3) is 0 Å². The minimum absolute atomic E-state index is 0.0258. The number of carbonyl (C=O) groups excluding carboxylic acids is 1. The molecule has 0 aliphatic carbocycles. The summed E-state index contributed by atoms with van der Waals surface area (Å²) in [6.45, 7) is -1.41. The number of amides is 1. The standard InChI is InChI=1S/C17H16F3NO2S/c1-24-10-12-6-8-13(9-7-12)16(22)21-14-4-2-3-5-15(14)23-11-17(18,19)20/h2-9H,10-11H2,1H3,(H,21,22). The number of rotatable bonds is 6. The molecule has 2 rings (SSSR count). The van der Waals surface area contributed by atoms with Crippen LogP contribution in [-0.4, -0.2) is 24.9 Å².